The molecule has 4 heteroatoms. The fourth-order valence-electron chi connectivity index (χ4n) is 14.0. The van der Waals surface area contributed by atoms with E-state index in [1.807, 2.05) is 0 Å². The maximum absolute atomic E-state index is 7.67. The van der Waals surface area contributed by atoms with Crippen LogP contribution < -0.4 is 26.4 Å². The van der Waals surface area contributed by atoms with Crippen molar-refractivity contribution in [3.63, 3.8) is 0 Å². The van der Waals surface area contributed by atoms with E-state index in [9.17, 15) is 0 Å². The summed E-state index contributed by atoms with van der Waals surface area (Å²) in [5.41, 5.74) is 26.2. The third-order valence-electron chi connectivity index (χ3n) is 18.4. The van der Waals surface area contributed by atoms with Crippen molar-refractivity contribution in [2.75, 3.05) is 9.80 Å². The van der Waals surface area contributed by atoms with Crippen molar-refractivity contribution in [1.82, 2.24) is 0 Å². The second-order valence-corrected chi connectivity index (χ2v) is 27.7. The number of furan rings is 1. The first-order valence-electron chi connectivity index (χ1n) is 26.6. The van der Waals surface area contributed by atoms with E-state index >= 15 is 0 Å². The first-order chi connectivity index (χ1) is 32.7. The van der Waals surface area contributed by atoms with E-state index < -0.39 is 0 Å². The molecule has 358 valence electrons. The van der Waals surface area contributed by atoms with E-state index in [4.69, 9.17) is 4.42 Å². The monoisotopic (exact) mass is 923 g/mol. The molecule has 7 aromatic rings. The van der Waals surface area contributed by atoms with Crippen LogP contribution in [-0.4, -0.2) is 6.71 Å². The summed E-state index contributed by atoms with van der Waals surface area (Å²) in [6, 6.07) is 41.6. The van der Waals surface area contributed by atoms with Gasteiger partial charge in [0.05, 0.1) is 17.0 Å². The third kappa shape index (κ3) is 6.59. The average molecular weight is 923 g/mol. The summed E-state index contributed by atoms with van der Waals surface area (Å²) in [6.45, 7) is 38.0. The van der Waals surface area contributed by atoms with E-state index in [1.165, 1.54) is 138 Å². The summed E-state index contributed by atoms with van der Waals surface area (Å²) < 4.78 is 7.67. The molecule has 0 N–H and O–H groups in total. The van der Waals surface area contributed by atoms with Crippen LogP contribution in [0.25, 0.3) is 22.1 Å². The SMILES string of the molecule is Cc1cc2c3c(c1)N(c1ccc4c(c1)C(C)(C)CCC4(C)C)c1c(oc4cc5c(cc14)C1(C)CCC5(C)C1)B3c1cc(C(C)(C)C)ccc1N2c1ccc(C(C)(C)C)cc1-c1ccc(C(C)(C)C)cc1. The number of nitrogens with zero attached hydrogens (tertiary/aromatic N) is 2. The van der Waals surface area contributed by atoms with Gasteiger partial charge >= 0.3 is 0 Å². The number of rotatable bonds is 3. The van der Waals surface area contributed by atoms with E-state index in [1.54, 1.807) is 0 Å². The normalized spacial score (nSPS) is 21.7. The Labute approximate surface area is 420 Å². The highest BCUT2D eigenvalue weighted by Gasteiger charge is 2.54. The fourth-order valence-corrected chi connectivity index (χ4v) is 14.0. The third-order valence-corrected chi connectivity index (χ3v) is 18.4. The summed E-state index contributed by atoms with van der Waals surface area (Å²) in [4.78, 5) is 5.28. The molecule has 6 aromatic carbocycles. The van der Waals surface area contributed by atoms with Gasteiger partial charge in [-0.25, -0.2) is 0 Å². The molecule has 0 spiro atoms. The van der Waals surface area contributed by atoms with Gasteiger partial charge in [-0.05, 0) is 193 Å². The van der Waals surface area contributed by atoms with Crippen molar-refractivity contribution in [3.8, 4) is 11.1 Å². The van der Waals surface area contributed by atoms with Gasteiger partial charge in [-0.15, -0.1) is 0 Å². The number of hydrogen-bond acceptors (Lipinski definition) is 3. The zero-order chi connectivity index (χ0) is 49.6. The molecule has 2 bridgehead atoms. The fraction of sp³-hybridized carbons (Fsp3) is 0.424. The Kier molecular flexibility index (Phi) is 9.36. The van der Waals surface area contributed by atoms with Gasteiger partial charge < -0.3 is 14.2 Å². The largest absolute Gasteiger partial charge is 0.468 e. The number of fused-ring (bicyclic) bond motifs is 12. The Morgan fingerprint density at radius 2 is 1.06 bits per heavy atom. The van der Waals surface area contributed by atoms with Crippen molar-refractivity contribution in [2.45, 2.75) is 181 Å². The van der Waals surface area contributed by atoms with Crippen molar-refractivity contribution in [2.24, 2.45) is 0 Å². The average Bonchev–Trinajstić information content (AvgIpc) is 3.89. The lowest BCUT2D eigenvalue weighted by atomic mass is 9.35. The van der Waals surface area contributed by atoms with Crippen LogP contribution in [0.1, 0.15) is 180 Å². The minimum absolute atomic E-state index is 0.0287. The zero-order valence-corrected chi connectivity index (χ0v) is 45.2. The Bertz CT molecular complexity index is 3360. The van der Waals surface area contributed by atoms with Crippen LogP contribution in [0.5, 0.6) is 0 Å². The molecule has 3 nitrogen and oxygen atoms in total. The number of anilines is 6. The van der Waals surface area contributed by atoms with Gasteiger partial charge in [-0.3, -0.25) is 0 Å². The van der Waals surface area contributed by atoms with E-state index in [-0.39, 0.29) is 44.6 Å². The minimum atomic E-state index is -0.119. The van der Waals surface area contributed by atoms with Gasteiger partial charge in [0.15, 0.2) is 0 Å². The molecule has 3 heterocycles. The molecule has 5 aliphatic rings. The zero-order valence-electron chi connectivity index (χ0n) is 45.2. The van der Waals surface area contributed by atoms with Gasteiger partial charge in [0.1, 0.15) is 5.58 Å². The van der Waals surface area contributed by atoms with E-state index in [0.717, 1.165) is 11.2 Å². The van der Waals surface area contributed by atoms with Crippen molar-refractivity contribution in [3.05, 3.63) is 148 Å². The molecule has 0 radical (unpaired) electrons. The molecule has 0 amide bonds. The van der Waals surface area contributed by atoms with Gasteiger partial charge in [0.25, 0.3) is 6.71 Å². The van der Waals surface area contributed by atoms with E-state index in [0.29, 0.717) is 0 Å². The Morgan fingerprint density at radius 1 is 0.500 bits per heavy atom. The maximum Gasteiger partial charge on any atom is 0.297 e. The van der Waals surface area contributed by atoms with Gasteiger partial charge in [-0.1, -0.05) is 152 Å². The molecule has 12 rings (SSSR count). The topological polar surface area (TPSA) is 19.6 Å². The van der Waals surface area contributed by atoms with Crippen molar-refractivity contribution >= 4 is 68.4 Å². The summed E-state index contributed by atoms with van der Waals surface area (Å²) in [5.74, 6) is 0. The van der Waals surface area contributed by atoms with E-state index in [2.05, 4.69) is 224 Å². The number of hydrogen-bond donors (Lipinski definition) is 0. The molecule has 2 atom stereocenters. The molecule has 0 saturated heterocycles. The van der Waals surface area contributed by atoms with Crippen LogP contribution in [0.2, 0.25) is 0 Å². The first kappa shape index (κ1) is 45.6. The van der Waals surface area contributed by atoms with Crippen LogP contribution in [0.3, 0.4) is 0 Å². The Morgan fingerprint density at radius 3 is 1.69 bits per heavy atom. The molecule has 1 fully saturated rings. The summed E-state index contributed by atoms with van der Waals surface area (Å²) in [6.07, 6.45) is 6.06. The molecular weight excluding hydrogens is 848 g/mol. The first-order valence-corrected chi connectivity index (χ1v) is 26.6. The van der Waals surface area contributed by atoms with Gasteiger partial charge in [0.2, 0.25) is 0 Å². The highest BCUT2D eigenvalue weighted by Crippen LogP contribution is 2.62. The van der Waals surface area contributed by atoms with Crippen LogP contribution in [-0.2, 0) is 37.9 Å². The van der Waals surface area contributed by atoms with Crippen LogP contribution in [0.15, 0.2) is 108 Å². The summed E-state index contributed by atoms with van der Waals surface area (Å²) >= 11 is 0. The minimum Gasteiger partial charge on any atom is -0.468 e. The Hall–Kier alpha value is -5.48. The summed E-state index contributed by atoms with van der Waals surface area (Å²) in [7, 11) is 0. The lowest BCUT2D eigenvalue weighted by Gasteiger charge is -2.45. The smallest absolute Gasteiger partial charge is 0.297 e. The maximum atomic E-state index is 7.67. The molecule has 70 heavy (non-hydrogen) atoms. The highest BCUT2D eigenvalue weighted by atomic mass is 16.3. The predicted molar refractivity (Wildman–Crippen MR) is 300 cm³/mol. The second kappa shape index (κ2) is 14.4. The van der Waals surface area contributed by atoms with Crippen molar-refractivity contribution < 1.29 is 4.42 Å². The molecule has 2 aliphatic heterocycles. The lowest BCUT2D eigenvalue weighted by Crippen LogP contribution is -2.61. The van der Waals surface area contributed by atoms with Crippen LogP contribution in [0.4, 0.5) is 34.1 Å². The van der Waals surface area contributed by atoms with Crippen molar-refractivity contribution in [1.29, 1.82) is 0 Å². The van der Waals surface area contributed by atoms with Crippen LogP contribution in [0, 0.1) is 6.92 Å². The summed E-state index contributed by atoms with van der Waals surface area (Å²) in [5, 5.41) is 1.24. The molecule has 1 saturated carbocycles. The number of benzene rings is 6. The molecule has 2 unspecified atom stereocenters. The quantitative estimate of drug-likeness (QED) is 0.165. The van der Waals surface area contributed by atoms with Gasteiger partial charge in [0, 0.05) is 33.7 Å². The molecule has 1 aromatic heterocycles. The van der Waals surface area contributed by atoms with Crippen LogP contribution >= 0.6 is 0 Å². The Balaban J connectivity index is 1.18. The predicted octanol–water partition coefficient (Wildman–Crippen LogP) is 16.4. The lowest BCUT2D eigenvalue weighted by molar-refractivity contribution is 0.332. The molecule has 3 aliphatic carbocycles. The number of aryl methyl sites for hydroxylation is 1. The highest BCUT2D eigenvalue weighted by molar-refractivity contribution is 7.00. The van der Waals surface area contributed by atoms with Gasteiger partial charge in [-0.2, -0.15) is 0 Å². The second-order valence-electron chi connectivity index (χ2n) is 27.7. The molecular formula is C66H75BN2O. The standard InChI is InChI=1S/C66H75BN2O/c1-39-31-54-57-55(32-39)69(52-25-21-42(61(5,6)7)33-45(52)40-17-19-41(20-18-40)60(2,3)4)53-26-22-43(62(8,9)10)34-51(53)67(57)59-58(46-36-49-50(37-56(46)70-59)66(16)30-29-65(49,15)38-66)68(54)44-23-24-47-48(35-44)64(13,14)28-27-63(47,11)12/h17-26,31-37H,27-30,38H2,1-16H3.